The van der Waals surface area contributed by atoms with Crippen LogP contribution in [0.4, 0.5) is 0 Å². The van der Waals surface area contributed by atoms with E-state index < -0.39 is 10.0 Å². The summed E-state index contributed by atoms with van der Waals surface area (Å²) < 4.78 is 29.6. The highest BCUT2D eigenvalue weighted by Crippen LogP contribution is 2.26. The van der Waals surface area contributed by atoms with Crippen molar-refractivity contribution < 1.29 is 17.9 Å². The van der Waals surface area contributed by atoms with Gasteiger partial charge >= 0.3 is 0 Å². The number of carbonyl (C=O) groups is 1. The Hall–Kier alpha value is -1.60. The molecule has 1 aliphatic rings. The summed E-state index contributed by atoms with van der Waals surface area (Å²) in [4.78, 5) is 12.0. The van der Waals surface area contributed by atoms with E-state index in [-0.39, 0.29) is 24.9 Å². The molecule has 20 heavy (non-hydrogen) atoms. The van der Waals surface area contributed by atoms with Crippen LogP contribution in [0.25, 0.3) is 0 Å². The summed E-state index contributed by atoms with van der Waals surface area (Å²) in [6, 6.07) is 7.65. The Balaban J connectivity index is 1.80. The molecule has 1 heterocycles. The molecule has 1 unspecified atom stereocenters. The van der Waals surface area contributed by atoms with Gasteiger partial charge in [-0.3, -0.25) is 4.79 Å². The molecule has 1 amide bonds. The maximum atomic E-state index is 12.0. The summed E-state index contributed by atoms with van der Waals surface area (Å²) in [5.41, 5.74) is 1.02. The van der Waals surface area contributed by atoms with Crippen molar-refractivity contribution in [3.63, 3.8) is 0 Å². The number of hydrogen-bond donors (Lipinski definition) is 2. The van der Waals surface area contributed by atoms with Gasteiger partial charge in [0.05, 0.1) is 12.2 Å². The van der Waals surface area contributed by atoms with Crippen molar-refractivity contribution >= 4 is 15.9 Å². The van der Waals surface area contributed by atoms with E-state index in [1.54, 1.807) is 0 Å². The van der Waals surface area contributed by atoms with Crippen LogP contribution in [0.2, 0.25) is 0 Å². The highest BCUT2D eigenvalue weighted by molar-refractivity contribution is 7.88. The lowest BCUT2D eigenvalue weighted by Gasteiger charge is -2.24. The second kappa shape index (κ2) is 6.23. The first-order valence-corrected chi connectivity index (χ1v) is 8.28. The summed E-state index contributed by atoms with van der Waals surface area (Å²) in [5, 5.41) is 2.71. The van der Waals surface area contributed by atoms with E-state index in [1.165, 1.54) is 0 Å². The lowest BCUT2D eigenvalue weighted by Crippen LogP contribution is -2.40. The van der Waals surface area contributed by atoms with Crippen LogP contribution < -0.4 is 14.8 Å². The van der Waals surface area contributed by atoms with Crippen molar-refractivity contribution in [2.45, 2.75) is 6.42 Å². The maximum absolute atomic E-state index is 12.0. The minimum atomic E-state index is -3.21. The number of fused-ring (bicyclic) bond motifs is 1. The van der Waals surface area contributed by atoms with E-state index >= 15 is 0 Å². The molecule has 0 spiro atoms. The van der Waals surface area contributed by atoms with Crippen molar-refractivity contribution in [3.05, 3.63) is 29.8 Å². The number of carbonyl (C=O) groups excluding carboxylic acids is 1. The van der Waals surface area contributed by atoms with Crippen LogP contribution in [0, 0.1) is 5.92 Å². The van der Waals surface area contributed by atoms with Crippen LogP contribution in [-0.4, -0.2) is 40.3 Å². The van der Waals surface area contributed by atoms with Crippen LogP contribution in [0.5, 0.6) is 5.75 Å². The van der Waals surface area contributed by atoms with Crippen molar-refractivity contribution in [1.29, 1.82) is 0 Å². The molecule has 0 radical (unpaired) electrons. The third-order valence-corrected chi connectivity index (χ3v) is 3.77. The molecule has 0 saturated heterocycles. The van der Waals surface area contributed by atoms with Crippen molar-refractivity contribution in [3.8, 4) is 5.75 Å². The van der Waals surface area contributed by atoms with Crippen molar-refractivity contribution in [2.75, 3.05) is 26.0 Å². The molecule has 7 heteroatoms. The molecule has 1 aromatic rings. The first-order chi connectivity index (χ1) is 9.46. The molecule has 2 N–H and O–H groups in total. The lowest BCUT2D eigenvalue weighted by atomic mass is 9.96. The Labute approximate surface area is 118 Å². The molecule has 1 aliphatic heterocycles. The third kappa shape index (κ3) is 4.21. The Morgan fingerprint density at radius 1 is 1.35 bits per heavy atom. The molecule has 1 atom stereocenters. The molecule has 0 aromatic heterocycles. The number of ether oxygens (including phenoxy) is 1. The van der Waals surface area contributed by atoms with E-state index in [0.717, 1.165) is 17.6 Å². The van der Waals surface area contributed by atoms with Crippen LogP contribution in [0.15, 0.2) is 24.3 Å². The van der Waals surface area contributed by atoms with Gasteiger partial charge in [0.1, 0.15) is 12.4 Å². The average Bonchev–Trinajstić information content (AvgIpc) is 2.42. The number of rotatable bonds is 5. The smallest absolute Gasteiger partial charge is 0.226 e. The van der Waals surface area contributed by atoms with Crippen molar-refractivity contribution in [1.82, 2.24) is 10.0 Å². The quantitative estimate of drug-likeness (QED) is 0.744. The average molecular weight is 298 g/mol. The first kappa shape index (κ1) is 14.8. The normalized spacial score (nSPS) is 17.9. The van der Waals surface area contributed by atoms with Crippen LogP contribution in [-0.2, 0) is 21.2 Å². The topological polar surface area (TPSA) is 84.5 Å². The number of nitrogens with one attached hydrogen (secondary N) is 2. The number of hydrogen-bond acceptors (Lipinski definition) is 4. The Bertz CT molecular complexity index is 586. The molecule has 2 rings (SSSR count). The van der Waals surface area contributed by atoms with Crippen LogP contribution >= 0.6 is 0 Å². The monoisotopic (exact) mass is 298 g/mol. The molecule has 110 valence electrons. The SMILES string of the molecule is CS(=O)(=O)NCCNC(=O)C1COc2ccccc2C1. The van der Waals surface area contributed by atoms with Gasteiger partial charge < -0.3 is 10.1 Å². The summed E-state index contributed by atoms with van der Waals surface area (Å²) in [6.07, 6.45) is 1.72. The van der Waals surface area contributed by atoms with Gasteiger partial charge in [-0.15, -0.1) is 0 Å². The number of benzene rings is 1. The van der Waals surface area contributed by atoms with E-state index in [1.807, 2.05) is 24.3 Å². The van der Waals surface area contributed by atoms with E-state index in [9.17, 15) is 13.2 Å². The first-order valence-electron chi connectivity index (χ1n) is 6.39. The molecule has 0 saturated carbocycles. The highest BCUT2D eigenvalue weighted by Gasteiger charge is 2.25. The fraction of sp³-hybridized carbons (Fsp3) is 0.462. The molecular formula is C13H18N2O4S. The minimum Gasteiger partial charge on any atom is -0.492 e. The van der Waals surface area contributed by atoms with Gasteiger partial charge in [-0.05, 0) is 18.1 Å². The van der Waals surface area contributed by atoms with E-state index in [2.05, 4.69) is 10.0 Å². The van der Waals surface area contributed by atoms with Crippen LogP contribution in [0.1, 0.15) is 5.56 Å². The van der Waals surface area contributed by atoms with Gasteiger partial charge in [-0.25, -0.2) is 13.1 Å². The highest BCUT2D eigenvalue weighted by atomic mass is 32.2. The van der Waals surface area contributed by atoms with Gasteiger partial charge in [-0.2, -0.15) is 0 Å². The second-order valence-electron chi connectivity index (χ2n) is 4.78. The predicted octanol–water partition coefficient (Wildman–Crippen LogP) is -0.0969. The number of sulfonamides is 1. The van der Waals surface area contributed by atoms with Gasteiger partial charge in [0.2, 0.25) is 15.9 Å². The molecule has 0 aliphatic carbocycles. The molecule has 6 nitrogen and oxygen atoms in total. The third-order valence-electron chi connectivity index (χ3n) is 3.04. The second-order valence-corrected chi connectivity index (χ2v) is 6.61. The molecular weight excluding hydrogens is 280 g/mol. The summed E-state index contributed by atoms with van der Waals surface area (Å²) >= 11 is 0. The molecule has 1 aromatic carbocycles. The van der Waals surface area contributed by atoms with Crippen molar-refractivity contribution in [2.24, 2.45) is 5.92 Å². The number of para-hydroxylation sites is 1. The maximum Gasteiger partial charge on any atom is 0.226 e. The molecule has 0 fully saturated rings. The van der Waals surface area contributed by atoms with E-state index in [4.69, 9.17) is 4.74 Å². The zero-order chi connectivity index (χ0) is 14.6. The Morgan fingerprint density at radius 3 is 2.85 bits per heavy atom. The minimum absolute atomic E-state index is 0.116. The van der Waals surface area contributed by atoms with Gasteiger partial charge in [0, 0.05) is 13.1 Å². The number of amides is 1. The zero-order valence-electron chi connectivity index (χ0n) is 11.3. The summed E-state index contributed by atoms with van der Waals surface area (Å²) in [5.74, 6) is 0.480. The Morgan fingerprint density at radius 2 is 2.10 bits per heavy atom. The zero-order valence-corrected chi connectivity index (χ0v) is 12.1. The molecule has 0 bridgehead atoms. The summed E-state index contributed by atoms with van der Waals surface area (Å²) in [6.45, 7) is 0.807. The fourth-order valence-electron chi connectivity index (χ4n) is 2.06. The predicted molar refractivity (Wildman–Crippen MR) is 75.0 cm³/mol. The van der Waals surface area contributed by atoms with Gasteiger partial charge in [0.15, 0.2) is 0 Å². The van der Waals surface area contributed by atoms with E-state index in [0.29, 0.717) is 13.0 Å². The lowest BCUT2D eigenvalue weighted by molar-refractivity contribution is -0.126. The largest absolute Gasteiger partial charge is 0.492 e. The van der Waals surface area contributed by atoms with Gasteiger partial charge in [0.25, 0.3) is 0 Å². The van der Waals surface area contributed by atoms with Gasteiger partial charge in [-0.1, -0.05) is 18.2 Å². The van der Waals surface area contributed by atoms with Crippen LogP contribution in [0.3, 0.4) is 0 Å². The summed E-state index contributed by atoms with van der Waals surface area (Å²) in [7, 11) is -3.21. The fourth-order valence-corrected chi connectivity index (χ4v) is 2.54. The standard InChI is InChI=1S/C13H18N2O4S/c1-20(17,18)15-7-6-14-13(16)11-8-10-4-2-3-5-12(10)19-9-11/h2-5,11,15H,6-9H2,1H3,(H,14,16). The Kier molecular flexibility index (Phi) is 4.61.